The van der Waals surface area contributed by atoms with E-state index in [0.717, 1.165) is 36.1 Å². The van der Waals surface area contributed by atoms with Crippen molar-refractivity contribution in [3.05, 3.63) is 29.3 Å². The van der Waals surface area contributed by atoms with Gasteiger partial charge in [0.25, 0.3) is 0 Å². The third-order valence-electron chi connectivity index (χ3n) is 4.41. The van der Waals surface area contributed by atoms with Crippen molar-refractivity contribution in [3.8, 4) is 5.75 Å². The number of benzene rings is 1. The van der Waals surface area contributed by atoms with Crippen molar-refractivity contribution in [2.45, 2.75) is 38.5 Å². The fourth-order valence-electron chi connectivity index (χ4n) is 3.49. The molecule has 0 bridgehead atoms. The van der Waals surface area contributed by atoms with Crippen molar-refractivity contribution >= 4 is 5.78 Å². The van der Waals surface area contributed by atoms with Gasteiger partial charge >= 0.3 is 0 Å². The highest BCUT2D eigenvalue weighted by atomic mass is 16.5. The first-order valence-corrected chi connectivity index (χ1v) is 6.47. The Morgan fingerprint density at radius 3 is 2.65 bits per heavy atom. The Hall–Kier alpha value is -1.31. The highest BCUT2D eigenvalue weighted by Crippen LogP contribution is 2.49. The number of methoxy groups -OCH3 is 1. The summed E-state index contributed by atoms with van der Waals surface area (Å²) in [5, 5.41) is 0. The Labute approximate surface area is 102 Å². The summed E-state index contributed by atoms with van der Waals surface area (Å²) in [4.78, 5) is 12.6. The van der Waals surface area contributed by atoms with Gasteiger partial charge in [-0.25, -0.2) is 0 Å². The van der Waals surface area contributed by atoms with Crippen LogP contribution in [0.25, 0.3) is 0 Å². The molecule has 1 aromatic rings. The molecule has 0 radical (unpaired) electrons. The quantitative estimate of drug-likeness (QED) is 0.739. The fourth-order valence-corrected chi connectivity index (χ4v) is 3.49. The van der Waals surface area contributed by atoms with Gasteiger partial charge in [-0.15, -0.1) is 0 Å². The molecule has 0 saturated heterocycles. The van der Waals surface area contributed by atoms with Crippen LogP contribution in [0.5, 0.6) is 5.75 Å². The molecule has 1 spiro atoms. The predicted molar refractivity (Wildman–Crippen MR) is 66.5 cm³/mol. The van der Waals surface area contributed by atoms with Crippen LogP contribution in [0.3, 0.4) is 0 Å². The van der Waals surface area contributed by atoms with Gasteiger partial charge < -0.3 is 4.74 Å². The van der Waals surface area contributed by atoms with Gasteiger partial charge in [0.15, 0.2) is 5.78 Å². The lowest BCUT2D eigenvalue weighted by Gasteiger charge is -2.31. The Morgan fingerprint density at radius 2 is 1.94 bits per heavy atom. The third kappa shape index (κ3) is 1.50. The van der Waals surface area contributed by atoms with Gasteiger partial charge in [0, 0.05) is 16.5 Å². The molecule has 1 fully saturated rings. The van der Waals surface area contributed by atoms with Crippen LogP contribution in [0.2, 0.25) is 0 Å². The molecule has 2 nitrogen and oxygen atoms in total. The molecule has 2 aliphatic carbocycles. The van der Waals surface area contributed by atoms with Crippen LogP contribution in [0.15, 0.2) is 18.2 Å². The van der Waals surface area contributed by atoms with E-state index in [0.29, 0.717) is 5.78 Å². The number of hydrogen-bond acceptors (Lipinski definition) is 2. The van der Waals surface area contributed by atoms with Gasteiger partial charge in [-0.2, -0.15) is 0 Å². The molecule has 0 heterocycles. The summed E-state index contributed by atoms with van der Waals surface area (Å²) in [5.41, 5.74) is 1.96. The van der Waals surface area contributed by atoms with E-state index >= 15 is 0 Å². The Kier molecular flexibility index (Phi) is 2.46. The van der Waals surface area contributed by atoms with E-state index in [-0.39, 0.29) is 5.41 Å². The molecule has 0 aromatic heterocycles. The minimum atomic E-state index is -0.0881. The van der Waals surface area contributed by atoms with Crippen molar-refractivity contribution in [1.29, 1.82) is 0 Å². The topological polar surface area (TPSA) is 26.3 Å². The molecule has 1 saturated carbocycles. The Bertz CT molecular complexity index is 456. The summed E-state index contributed by atoms with van der Waals surface area (Å²) in [5.74, 6) is 1.25. The molecule has 0 unspecified atom stereocenters. The van der Waals surface area contributed by atoms with Crippen molar-refractivity contribution < 1.29 is 9.53 Å². The first kappa shape index (κ1) is 10.8. The number of carbonyl (C=O) groups is 1. The number of ketones is 1. The Balaban J connectivity index is 2.04. The lowest BCUT2D eigenvalue weighted by molar-refractivity contribution is 0.0748. The summed E-state index contributed by atoms with van der Waals surface area (Å²) in [6.45, 7) is 0. The number of Topliss-reactive ketones (excluding diaryl/α,β-unsaturated/α-hetero) is 1. The summed E-state index contributed by atoms with van der Waals surface area (Å²) < 4.78 is 5.39. The van der Waals surface area contributed by atoms with Crippen LogP contribution in [0, 0.1) is 5.41 Å². The zero-order valence-corrected chi connectivity index (χ0v) is 10.3. The zero-order valence-electron chi connectivity index (χ0n) is 10.3. The van der Waals surface area contributed by atoms with Gasteiger partial charge in [-0.05, 0) is 25.3 Å². The second-order valence-electron chi connectivity index (χ2n) is 5.33. The second-order valence-corrected chi connectivity index (χ2v) is 5.33. The predicted octanol–water partition coefficient (Wildman–Crippen LogP) is 3.38. The lowest BCUT2D eigenvalue weighted by atomic mass is 9.71. The number of carbonyl (C=O) groups excluding carboxylic acids is 1. The first-order chi connectivity index (χ1) is 8.27. The number of hydrogen-bond donors (Lipinski definition) is 0. The normalized spacial score (nSPS) is 21.6. The molecule has 2 aliphatic rings. The average Bonchev–Trinajstić information content (AvgIpc) is 2.64. The van der Waals surface area contributed by atoms with Gasteiger partial charge in [0.1, 0.15) is 5.75 Å². The molecular formula is C15H18O2. The van der Waals surface area contributed by atoms with E-state index in [1.54, 1.807) is 7.11 Å². The van der Waals surface area contributed by atoms with Crippen LogP contribution in [0.1, 0.15) is 48.0 Å². The van der Waals surface area contributed by atoms with Crippen LogP contribution in [-0.4, -0.2) is 12.9 Å². The van der Waals surface area contributed by atoms with Crippen LogP contribution >= 0.6 is 0 Å². The molecule has 17 heavy (non-hydrogen) atoms. The first-order valence-electron chi connectivity index (χ1n) is 6.47. The third-order valence-corrected chi connectivity index (χ3v) is 4.41. The molecule has 2 heteroatoms. The summed E-state index contributed by atoms with van der Waals surface area (Å²) in [7, 11) is 1.69. The maximum absolute atomic E-state index is 12.6. The largest absolute Gasteiger partial charge is 0.496 e. The smallest absolute Gasteiger partial charge is 0.169 e. The van der Waals surface area contributed by atoms with E-state index < -0.39 is 0 Å². The van der Waals surface area contributed by atoms with Crippen molar-refractivity contribution in [2.75, 3.05) is 7.11 Å². The highest BCUT2D eigenvalue weighted by Gasteiger charge is 2.46. The van der Waals surface area contributed by atoms with Gasteiger partial charge in [-0.3, -0.25) is 4.79 Å². The van der Waals surface area contributed by atoms with Gasteiger partial charge in [0.2, 0.25) is 0 Å². The minimum Gasteiger partial charge on any atom is -0.496 e. The fraction of sp³-hybridized carbons (Fsp3) is 0.533. The van der Waals surface area contributed by atoms with Crippen LogP contribution in [0.4, 0.5) is 0 Å². The summed E-state index contributed by atoms with van der Waals surface area (Å²) in [6.07, 6.45) is 6.69. The maximum Gasteiger partial charge on any atom is 0.169 e. The minimum absolute atomic E-state index is 0.0881. The molecule has 0 atom stereocenters. The molecule has 3 rings (SSSR count). The summed E-state index contributed by atoms with van der Waals surface area (Å²) >= 11 is 0. The zero-order chi connectivity index (χ0) is 11.9. The molecule has 1 aromatic carbocycles. The van der Waals surface area contributed by atoms with Crippen molar-refractivity contribution in [2.24, 2.45) is 5.41 Å². The highest BCUT2D eigenvalue weighted by molar-refractivity contribution is 6.05. The average molecular weight is 230 g/mol. The van der Waals surface area contributed by atoms with Gasteiger partial charge in [-0.1, -0.05) is 31.4 Å². The van der Waals surface area contributed by atoms with E-state index in [9.17, 15) is 4.79 Å². The van der Waals surface area contributed by atoms with Crippen LogP contribution < -0.4 is 4.74 Å². The molecule has 0 N–H and O–H groups in total. The standard InChI is InChI=1S/C15H18O2/c1-17-13-7-5-6-11-12(13)10-15(14(11)16)8-3-2-4-9-15/h5-7H,2-4,8-10H2,1H3. The van der Waals surface area contributed by atoms with Crippen molar-refractivity contribution in [3.63, 3.8) is 0 Å². The van der Waals surface area contributed by atoms with E-state index in [1.165, 1.54) is 19.3 Å². The van der Waals surface area contributed by atoms with E-state index in [2.05, 4.69) is 0 Å². The number of rotatable bonds is 1. The van der Waals surface area contributed by atoms with E-state index in [4.69, 9.17) is 4.74 Å². The SMILES string of the molecule is COc1cccc2c1CC1(CCCCC1)C2=O. The number of fused-ring (bicyclic) bond motifs is 1. The van der Waals surface area contributed by atoms with Crippen molar-refractivity contribution in [1.82, 2.24) is 0 Å². The van der Waals surface area contributed by atoms with E-state index in [1.807, 2.05) is 18.2 Å². The summed E-state index contributed by atoms with van der Waals surface area (Å²) in [6, 6.07) is 5.86. The van der Waals surface area contributed by atoms with Gasteiger partial charge in [0.05, 0.1) is 7.11 Å². The number of ether oxygens (including phenoxy) is 1. The second kappa shape index (κ2) is 3.86. The molecule has 0 amide bonds. The lowest BCUT2D eigenvalue weighted by Crippen LogP contribution is -2.30. The monoisotopic (exact) mass is 230 g/mol. The Morgan fingerprint density at radius 1 is 1.18 bits per heavy atom. The molecule has 90 valence electrons. The van der Waals surface area contributed by atoms with Crippen LogP contribution in [-0.2, 0) is 6.42 Å². The maximum atomic E-state index is 12.6. The molecule has 0 aliphatic heterocycles. The molecular weight excluding hydrogens is 212 g/mol.